The Hall–Kier alpha value is -1.40. The predicted molar refractivity (Wildman–Crippen MR) is 139 cm³/mol. The molecule has 165 valence electrons. The molecule has 0 spiro atoms. The number of aromatic carboxylic acids is 1. The fraction of sp³-hybridized carbons (Fsp3) is 0.250. The molecule has 0 aliphatic rings. The first kappa shape index (κ1) is 29.6. The third-order valence-electron chi connectivity index (χ3n) is 3.18. The van der Waals surface area contributed by atoms with Gasteiger partial charge in [0.2, 0.25) is 0 Å². The Morgan fingerprint density at radius 3 is 1.48 bits per heavy atom. The van der Waals surface area contributed by atoms with Gasteiger partial charge in [0.05, 0.1) is 9.75 Å². The van der Waals surface area contributed by atoms with Gasteiger partial charge in [0, 0.05) is 20.0 Å². The summed E-state index contributed by atoms with van der Waals surface area (Å²) in [5.74, 6) is -0.529. The van der Waals surface area contributed by atoms with Crippen LogP contribution in [0.2, 0.25) is 0 Å². The van der Waals surface area contributed by atoms with E-state index < -0.39 is 5.97 Å². The quantitative estimate of drug-likeness (QED) is 0.155. The van der Waals surface area contributed by atoms with Crippen molar-refractivity contribution in [3.8, 4) is 0 Å². The van der Waals surface area contributed by atoms with Crippen LogP contribution in [0.25, 0.3) is 0 Å². The maximum absolute atomic E-state index is 10.8. The second kappa shape index (κ2) is 16.3. The van der Waals surface area contributed by atoms with E-state index in [0.29, 0.717) is 4.88 Å². The zero-order valence-corrected chi connectivity index (χ0v) is 22.3. The topological polar surface area (TPSA) is 83.8 Å². The molecule has 0 amide bonds. The summed E-state index contributed by atoms with van der Waals surface area (Å²) in [6.07, 6.45) is 0. The van der Waals surface area contributed by atoms with Gasteiger partial charge in [-0.1, -0.05) is 15.9 Å². The van der Waals surface area contributed by atoms with Crippen LogP contribution in [0.1, 0.15) is 57.5 Å². The average Bonchev–Trinajstić information content (AvgIpc) is 3.43. The molecule has 0 saturated carbocycles. The van der Waals surface area contributed by atoms with E-state index in [1.807, 2.05) is 38.1 Å². The molecule has 3 aromatic rings. The summed E-state index contributed by atoms with van der Waals surface area (Å²) in [4.78, 5) is 37.2. The van der Waals surface area contributed by atoms with Crippen LogP contribution in [0.4, 0.5) is 0 Å². The van der Waals surface area contributed by atoms with Crippen molar-refractivity contribution < 1.29 is 19.5 Å². The van der Waals surface area contributed by atoms with Crippen molar-refractivity contribution in [1.82, 2.24) is 0 Å². The Kier molecular flexibility index (Phi) is 15.5. The third-order valence-corrected chi connectivity index (χ3v) is 7.43. The zero-order chi connectivity index (χ0) is 24.0. The Labute approximate surface area is 209 Å². The molecule has 0 aliphatic carbocycles. The molecule has 1 N–H and O–H groups in total. The van der Waals surface area contributed by atoms with E-state index in [-0.39, 0.29) is 11.6 Å². The number of aryl methyl sites for hydroxylation is 2. The average molecular weight is 559 g/mol. The summed E-state index contributed by atoms with van der Waals surface area (Å²) in [6.45, 7) is 7.06. The van der Waals surface area contributed by atoms with Gasteiger partial charge in [0.15, 0.2) is 11.6 Å². The van der Waals surface area contributed by atoms with Crippen molar-refractivity contribution in [2.75, 3.05) is 0 Å². The van der Waals surface area contributed by atoms with Crippen LogP contribution < -0.4 is 0 Å². The van der Waals surface area contributed by atoms with Crippen LogP contribution in [0.15, 0.2) is 40.7 Å². The van der Waals surface area contributed by atoms with E-state index in [1.165, 1.54) is 21.1 Å². The van der Waals surface area contributed by atoms with E-state index in [9.17, 15) is 14.4 Å². The fourth-order valence-corrected chi connectivity index (χ4v) is 4.56. The van der Waals surface area contributed by atoms with Gasteiger partial charge < -0.3 is 5.11 Å². The van der Waals surface area contributed by atoms with E-state index in [0.717, 1.165) is 20.0 Å². The molecule has 5 nitrogen and oxygen atoms in total. The molecule has 31 heavy (non-hydrogen) atoms. The molecule has 0 bridgehead atoms. The van der Waals surface area contributed by atoms with Gasteiger partial charge >= 0.3 is 30.7 Å². The van der Waals surface area contributed by atoms with Crippen LogP contribution in [0, 0.1) is 13.8 Å². The number of hydrogen-bond acceptors (Lipinski definition) is 8. The first-order chi connectivity index (χ1) is 14.5. The molecule has 11 heteroatoms. The monoisotopic (exact) mass is 558 g/mol. The number of hydrogen-bond donors (Lipinski definition) is 2. The van der Waals surface area contributed by atoms with Gasteiger partial charge in [-0.15, -0.1) is 34.0 Å². The maximum atomic E-state index is 10.8. The molecular formula is C20H22BBrNO4S4. The Balaban J connectivity index is 0.000000410. The number of nitrogens with zero attached hydrogens (tertiary/aromatic N) is 1. The molecule has 3 heterocycles. The summed E-state index contributed by atoms with van der Waals surface area (Å²) < 4.78 is 2.69. The normalized spacial score (nSPS) is 9.06. The zero-order valence-electron chi connectivity index (χ0n) is 17.4. The predicted octanol–water partition coefficient (Wildman–Crippen LogP) is 7.04. The van der Waals surface area contributed by atoms with Crippen molar-refractivity contribution in [3.63, 3.8) is 0 Å². The van der Waals surface area contributed by atoms with Crippen LogP contribution >= 0.6 is 62.8 Å². The van der Waals surface area contributed by atoms with E-state index in [1.54, 1.807) is 48.7 Å². The molecule has 0 aromatic carbocycles. The van der Waals surface area contributed by atoms with Gasteiger partial charge in [0.25, 0.3) is 0 Å². The molecule has 3 rings (SSSR count). The number of carbonyl (C=O) groups is 3. The van der Waals surface area contributed by atoms with E-state index in [4.69, 9.17) is 5.11 Å². The van der Waals surface area contributed by atoms with Crippen molar-refractivity contribution >= 4 is 87.9 Å². The molecule has 0 aliphatic heterocycles. The molecular weight excluding hydrogens is 537 g/mol. The minimum absolute atomic E-state index is 0.150. The molecule has 0 saturated heterocycles. The van der Waals surface area contributed by atoms with Gasteiger partial charge in [0.1, 0.15) is 4.88 Å². The SMILES string of the molecule is CC(=O)c1ccc(C)s1.CC(=O)c1ccc(CBr)s1.Cc1ccc(C(=O)O)s1.[B]=NS. The summed E-state index contributed by atoms with van der Waals surface area (Å²) in [7, 11) is 4.34. The number of alkyl halides is 1. The van der Waals surface area contributed by atoms with Crippen molar-refractivity contribution in [2.45, 2.75) is 33.0 Å². The fourth-order valence-electron chi connectivity index (χ4n) is 1.81. The minimum atomic E-state index is -0.840. The number of carbonyl (C=O) groups excluding carboxylic acids is 2. The Bertz CT molecular complexity index is 947. The van der Waals surface area contributed by atoms with Crippen LogP contribution in [-0.4, -0.2) is 30.3 Å². The number of rotatable bonds is 4. The van der Waals surface area contributed by atoms with Gasteiger partial charge in [-0.05, 0) is 64.1 Å². The summed E-state index contributed by atoms with van der Waals surface area (Å²) in [5, 5.41) is 9.25. The summed E-state index contributed by atoms with van der Waals surface area (Å²) in [6, 6.07) is 11.1. The first-order valence-corrected chi connectivity index (χ1v) is 12.6. The number of Topliss-reactive ketones (excluding diaryl/α,β-unsaturated/α-hetero) is 2. The van der Waals surface area contributed by atoms with E-state index >= 15 is 0 Å². The molecule has 0 unspecified atom stereocenters. The second-order valence-electron chi connectivity index (χ2n) is 5.75. The summed E-state index contributed by atoms with van der Waals surface area (Å²) in [5.41, 5.74) is 0. The van der Waals surface area contributed by atoms with Crippen molar-refractivity contribution in [2.24, 2.45) is 4.30 Å². The second-order valence-corrected chi connectivity index (χ2v) is 10.3. The number of carboxylic acids is 1. The number of ketones is 2. The van der Waals surface area contributed by atoms with Gasteiger partial charge in [-0.3, -0.25) is 9.59 Å². The van der Waals surface area contributed by atoms with Crippen LogP contribution in [0.5, 0.6) is 0 Å². The van der Waals surface area contributed by atoms with Crippen LogP contribution in [0.3, 0.4) is 0 Å². The van der Waals surface area contributed by atoms with Gasteiger partial charge in [-0.2, -0.15) is 0 Å². The third kappa shape index (κ3) is 12.9. The Morgan fingerprint density at radius 1 is 0.903 bits per heavy atom. The van der Waals surface area contributed by atoms with Crippen molar-refractivity contribution in [3.05, 3.63) is 65.7 Å². The molecule has 1 radical (unpaired) electrons. The standard InChI is InChI=1S/C7H7BrOS.C7H8OS.C6H6O2S.BHNS/c1-5(9)7-3-2-6(4-8)10-7;1-5-3-4-7(9-5)6(2)8;1-4-2-3-5(9-4)6(7)8;1-2-3/h2-3H,4H2,1H3;3-4H,1-2H3;2-3H,1H3,(H,7,8);3H. The van der Waals surface area contributed by atoms with E-state index in [2.05, 4.69) is 40.7 Å². The molecule has 0 fully saturated rings. The van der Waals surface area contributed by atoms with Crippen LogP contribution in [-0.2, 0) is 5.33 Å². The summed E-state index contributed by atoms with van der Waals surface area (Å²) >= 11 is 10.9. The number of carboxylic acid groups (broad SMARTS) is 1. The van der Waals surface area contributed by atoms with Gasteiger partial charge in [-0.25, -0.2) is 4.79 Å². The number of thiol groups is 1. The molecule has 0 atom stereocenters. The number of thiophene rings is 3. The Morgan fingerprint density at radius 2 is 1.29 bits per heavy atom. The first-order valence-electron chi connectivity index (χ1n) is 8.62. The van der Waals surface area contributed by atoms with Crippen molar-refractivity contribution in [1.29, 1.82) is 0 Å². The molecule has 3 aromatic heterocycles. The number of halogens is 1.